The molecule has 0 spiro atoms. The summed E-state index contributed by atoms with van der Waals surface area (Å²) in [6.45, 7) is 5.84. The summed E-state index contributed by atoms with van der Waals surface area (Å²) < 4.78 is 44.5. The summed E-state index contributed by atoms with van der Waals surface area (Å²) in [5.41, 5.74) is 0.900. The van der Waals surface area contributed by atoms with Crippen molar-refractivity contribution in [2.24, 2.45) is 0 Å². The Labute approximate surface area is 199 Å². The molecule has 1 amide bonds. The van der Waals surface area contributed by atoms with Gasteiger partial charge in [0.1, 0.15) is 11.5 Å². The zero-order chi connectivity index (χ0) is 24.0. The van der Waals surface area contributed by atoms with Gasteiger partial charge in [-0.25, -0.2) is 8.42 Å². The molecule has 0 bridgehead atoms. The molecule has 1 aliphatic rings. The third-order valence-corrected chi connectivity index (χ3v) is 7.08. The fourth-order valence-corrected chi connectivity index (χ4v) is 5.00. The van der Waals surface area contributed by atoms with E-state index in [1.54, 1.807) is 19.1 Å². The number of halogens is 1. The van der Waals surface area contributed by atoms with Crippen molar-refractivity contribution in [3.63, 3.8) is 0 Å². The summed E-state index contributed by atoms with van der Waals surface area (Å²) in [6.07, 6.45) is 0. The van der Waals surface area contributed by atoms with E-state index in [0.717, 1.165) is 13.1 Å². The van der Waals surface area contributed by atoms with Gasteiger partial charge < -0.3 is 19.5 Å². The van der Waals surface area contributed by atoms with Crippen LogP contribution in [0.2, 0.25) is 5.02 Å². The van der Waals surface area contributed by atoms with E-state index < -0.39 is 10.0 Å². The van der Waals surface area contributed by atoms with Gasteiger partial charge in [0.15, 0.2) is 0 Å². The SMILES string of the molecule is COc1cc(OC)c(NS(=O)(=O)c2cc(C(=O)NCCN3CCOCC3)ccc2C)cc1Cl. The highest BCUT2D eigenvalue weighted by Crippen LogP contribution is 2.37. The van der Waals surface area contributed by atoms with Gasteiger partial charge in [0.05, 0.1) is 43.0 Å². The van der Waals surface area contributed by atoms with Crippen LogP contribution >= 0.6 is 11.6 Å². The van der Waals surface area contributed by atoms with Crippen LogP contribution < -0.4 is 19.5 Å². The van der Waals surface area contributed by atoms with Gasteiger partial charge in [0, 0.05) is 37.8 Å². The summed E-state index contributed by atoms with van der Waals surface area (Å²) in [5, 5.41) is 3.07. The fraction of sp³-hybridized carbons (Fsp3) is 0.409. The lowest BCUT2D eigenvalue weighted by Gasteiger charge is -2.26. The third-order valence-electron chi connectivity index (χ3n) is 5.28. The number of sulfonamides is 1. The first kappa shape index (κ1) is 25.1. The molecule has 9 nitrogen and oxygen atoms in total. The first-order valence-corrected chi connectivity index (χ1v) is 12.2. The molecular weight excluding hydrogens is 470 g/mol. The molecule has 1 saturated heterocycles. The molecule has 2 aromatic rings. The zero-order valence-corrected chi connectivity index (χ0v) is 20.4. The molecule has 11 heteroatoms. The number of anilines is 1. The van der Waals surface area contributed by atoms with Crippen LogP contribution in [0.25, 0.3) is 0 Å². The van der Waals surface area contributed by atoms with Crippen LogP contribution in [0, 0.1) is 6.92 Å². The van der Waals surface area contributed by atoms with Gasteiger partial charge in [0.25, 0.3) is 15.9 Å². The number of hydrogen-bond acceptors (Lipinski definition) is 7. The van der Waals surface area contributed by atoms with E-state index in [1.165, 1.54) is 32.4 Å². The van der Waals surface area contributed by atoms with Gasteiger partial charge in [-0.3, -0.25) is 14.4 Å². The number of methoxy groups -OCH3 is 2. The molecule has 3 rings (SSSR count). The van der Waals surface area contributed by atoms with E-state index in [1.807, 2.05) is 0 Å². The van der Waals surface area contributed by atoms with Crippen LogP contribution in [0.5, 0.6) is 11.5 Å². The lowest BCUT2D eigenvalue weighted by molar-refractivity contribution is 0.0383. The van der Waals surface area contributed by atoms with Gasteiger partial charge >= 0.3 is 0 Å². The molecule has 0 aromatic heterocycles. The lowest BCUT2D eigenvalue weighted by atomic mass is 10.1. The van der Waals surface area contributed by atoms with E-state index >= 15 is 0 Å². The average Bonchev–Trinajstić information content (AvgIpc) is 2.80. The molecule has 1 aliphatic heterocycles. The van der Waals surface area contributed by atoms with Crippen molar-refractivity contribution >= 4 is 33.2 Å². The molecule has 0 aliphatic carbocycles. The van der Waals surface area contributed by atoms with Crippen molar-refractivity contribution < 1.29 is 27.4 Å². The number of nitrogens with zero attached hydrogens (tertiary/aromatic N) is 1. The van der Waals surface area contributed by atoms with Crippen molar-refractivity contribution in [3.05, 3.63) is 46.5 Å². The molecule has 0 unspecified atom stereocenters. The van der Waals surface area contributed by atoms with Crippen LogP contribution in [0.15, 0.2) is 35.2 Å². The molecular formula is C22H28ClN3O6S. The number of nitrogens with one attached hydrogen (secondary N) is 2. The molecule has 2 aromatic carbocycles. The number of ether oxygens (including phenoxy) is 3. The topological polar surface area (TPSA) is 106 Å². The number of aryl methyl sites for hydroxylation is 1. The Morgan fingerprint density at radius 1 is 1.12 bits per heavy atom. The predicted molar refractivity (Wildman–Crippen MR) is 126 cm³/mol. The Bertz CT molecular complexity index is 1100. The van der Waals surface area contributed by atoms with Crippen LogP contribution in [0.4, 0.5) is 5.69 Å². The van der Waals surface area contributed by atoms with Crippen molar-refractivity contribution in [2.45, 2.75) is 11.8 Å². The summed E-state index contributed by atoms with van der Waals surface area (Å²) in [4.78, 5) is 14.8. The van der Waals surface area contributed by atoms with E-state index in [0.29, 0.717) is 37.6 Å². The van der Waals surface area contributed by atoms with Crippen LogP contribution in [-0.2, 0) is 14.8 Å². The fourth-order valence-electron chi connectivity index (χ4n) is 3.42. The second-order valence-electron chi connectivity index (χ2n) is 7.48. The highest BCUT2D eigenvalue weighted by atomic mass is 35.5. The normalized spacial score (nSPS) is 14.5. The van der Waals surface area contributed by atoms with Gasteiger partial charge in [0.2, 0.25) is 0 Å². The van der Waals surface area contributed by atoms with Crippen LogP contribution in [0.3, 0.4) is 0 Å². The number of amides is 1. The smallest absolute Gasteiger partial charge is 0.262 e. The van der Waals surface area contributed by atoms with Crippen molar-refractivity contribution in [3.8, 4) is 11.5 Å². The lowest BCUT2D eigenvalue weighted by Crippen LogP contribution is -2.41. The molecule has 0 radical (unpaired) electrons. The monoisotopic (exact) mass is 497 g/mol. The number of carbonyl (C=O) groups excluding carboxylic acids is 1. The molecule has 0 atom stereocenters. The van der Waals surface area contributed by atoms with E-state index in [4.69, 9.17) is 25.8 Å². The molecule has 1 fully saturated rings. The van der Waals surface area contributed by atoms with Crippen molar-refractivity contribution in [1.82, 2.24) is 10.2 Å². The largest absolute Gasteiger partial charge is 0.495 e. The Balaban J connectivity index is 1.76. The number of benzene rings is 2. The summed E-state index contributed by atoms with van der Waals surface area (Å²) in [6, 6.07) is 7.46. The highest BCUT2D eigenvalue weighted by Gasteiger charge is 2.22. The molecule has 2 N–H and O–H groups in total. The molecule has 180 valence electrons. The Morgan fingerprint density at radius 3 is 2.48 bits per heavy atom. The minimum absolute atomic E-state index is 0.0164. The number of rotatable bonds is 9. The maximum absolute atomic E-state index is 13.2. The van der Waals surface area contributed by atoms with Gasteiger partial charge in [-0.1, -0.05) is 17.7 Å². The minimum atomic E-state index is -4.04. The summed E-state index contributed by atoms with van der Waals surface area (Å²) in [7, 11) is -1.18. The molecule has 33 heavy (non-hydrogen) atoms. The Kier molecular flexibility index (Phi) is 8.41. The second-order valence-corrected chi connectivity index (χ2v) is 9.54. The summed E-state index contributed by atoms with van der Waals surface area (Å²) in [5.74, 6) is 0.252. The second kappa shape index (κ2) is 11.1. The molecule has 1 heterocycles. The first-order chi connectivity index (χ1) is 15.7. The highest BCUT2D eigenvalue weighted by molar-refractivity contribution is 7.92. The van der Waals surface area contributed by atoms with E-state index in [-0.39, 0.29) is 32.8 Å². The van der Waals surface area contributed by atoms with Crippen LogP contribution in [0.1, 0.15) is 15.9 Å². The zero-order valence-electron chi connectivity index (χ0n) is 18.8. The average molecular weight is 498 g/mol. The number of morpholine rings is 1. The van der Waals surface area contributed by atoms with Gasteiger partial charge in [-0.2, -0.15) is 0 Å². The standard InChI is InChI=1S/C22H28ClN3O6S/c1-15-4-5-16(22(27)24-6-7-26-8-10-32-11-9-26)12-21(15)33(28,29)25-18-13-17(23)19(30-2)14-20(18)31-3/h4-5,12-14,25H,6-11H2,1-3H3,(H,24,27). The van der Waals surface area contributed by atoms with E-state index in [9.17, 15) is 13.2 Å². The first-order valence-electron chi connectivity index (χ1n) is 10.4. The molecule has 0 saturated carbocycles. The maximum atomic E-state index is 13.2. The number of hydrogen-bond donors (Lipinski definition) is 2. The predicted octanol–water partition coefficient (Wildman–Crippen LogP) is 2.53. The van der Waals surface area contributed by atoms with E-state index in [2.05, 4.69) is 14.9 Å². The third kappa shape index (κ3) is 6.29. The Hall–Kier alpha value is -2.53. The van der Waals surface area contributed by atoms with Crippen molar-refractivity contribution in [1.29, 1.82) is 0 Å². The number of carbonyl (C=O) groups is 1. The quantitative estimate of drug-likeness (QED) is 0.548. The Morgan fingerprint density at radius 2 is 1.82 bits per heavy atom. The van der Waals surface area contributed by atoms with Crippen molar-refractivity contribution in [2.75, 3.05) is 58.3 Å². The van der Waals surface area contributed by atoms with Gasteiger partial charge in [-0.15, -0.1) is 0 Å². The minimum Gasteiger partial charge on any atom is -0.495 e. The van der Waals surface area contributed by atoms with Crippen LogP contribution in [-0.4, -0.2) is 72.8 Å². The maximum Gasteiger partial charge on any atom is 0.262 e. The van der Waals surface area contributed by atoms with Gasteiger partial charge in [-0.05, 0) is 30.7 Å². The summed E-state index contributed by atoms with van der Waals surface area (Å²) >= 11 is 6.16.